The molecule has 3 aliphatic heterocycles. The number of likely N-dealkylation sites (tertiary alicyclic amines) is 2. The minimum atomic E-state index is -2.01. The van der Waals surface area contributed by atoms with Crippen LogP contribution in [0.1, 0.15) is 120 Å². The molecule has 5 heterocycles. The van der Waals surface area contributed by atoms with Gasteiger partial charge in [-0.1, -0.05) is 74.8 Å². The molecule has 1 saturated carbocycles. The van der Waals surface area contributed by atoms with E-state index in [0.29, 0.717) is 39.1 Å². The number of aryl methyl sites for hydroxylation is 1. The van der Waals surface area contributed by atoms with Gasteiger partial charge in [-0.05, 0) is 124 Å². The van der Waals surface area contributed by atoms with Crippen molar-refractivity contribution in [2.24, 2.45) is 5.41 Å². The second-order valence-corrected chi connectivity index (χ2v) is 22.4. The highest BCUT2D eigenvalue weighted by Crippen LogP contribution is 2.45. The lowest BCUT2D eigenvalue weighted by Crippen LogP contribution is -2.59. The third-order valence-corrected chi connectivity index (χ3v) is 16.0. The van der Waals surface area contributed by atoms with Crippen LogP contribution in [0.2, 0.25) is 5.02 Å². The number of thiazole rings is 1. The van der Waals surface area contributed by atoms with Crippen molar-refractivity contribution in [3.63, 3.8) is 0 Å². The molecule has 0 radical (unpaired) electrons. The van der Waals surface area contributed by atoms with Crippen LogP contribution in [0, 0.1) is 17.2 Å². The van der Waals surface area contributed by atoms with Gasteiger partial charge in [-0.3, -0.25) is 28.6 Å². The number of alkyl halides is 1. The Morgan fingerprint density at radius 1 is 1.06 bits per heavy atom. The number of nitroso groups, excluding NO2 is 1. The second kappa shape index (κ2) is 19.2. The first-order valence-corrected chi connectivity index (χ1v) is 25.6. The Morgan fingerprint density at radius 2 is 1.79 bits per heavy atom. The van der Waals surface area contributed by atoms with Gasteiger partial charge in [-0.2, -0.15) is 4.98 Å². The fourth-order valence-electron chi connectivity index (χ4n) is 10.4. The quantitative estimate of drug-likeness (QED) is 0.0477. The van der Waals surface area contributed by atoms with E-state index in [-0.39, 0.29) is 43.7 Å². The van der Waals surface area contributed by atoms with Crippen LogP contribution >= 0.6 is 22.9 Å². The SMILES string of the molecule is Cc1ncsc1-c1ccc([C@H](CC(=O)NCCCN2CCC(c3ccc4c(c3)-n3c(nc(=O)c5c(Cl)cccc53)C4(C)C)CC2)N[N+](=O)[C@@H]2C[C@@H](O)CN2C(=O)[C@@H](NC(=O)C2(F)CC2)C(C)(C)C)cc1. The van der Waals surface area contributed by atoms with Gasteiger partial charge in [0.15, 0.2) is 5.67 Å². The number of aliphatic hydroxyl groups is 1. The Balaban J connectivity index is 0.824. The molecule has 2 saturated heterocycles. The minimum absolute atomic E-state index is 0.0752. The minimum Gasteiger partial charge on any atom is -0.391 e. The normalized spacial score (nSPS) is 20.4. The lowest BCUT2D eigenvalue weighted by atomic mass is 9.83. The smallest absolute Gasteiger partial charge is 0.313 e. The number of hydrogen-bond donors (Lipinski definition) is 4. The number of carbonyl (C=O) groups excluding carboxylic acids is 3. The molecule has 0 bridgehead atoms. The van der Waals surface area contributed by atoms with Gasteiger partial charge in [0.05, 0.1) is 73.5 Å². The van der Waals surface area contributed by atoms with Crippen LogP contribution in [0.5, 0.6) is 0 Å². The summed E-state index contributed by atoms with van der Waals surface area (Å²) in [4.78, 5) is 82.0. The molecule has 1 aliphatic carbocycles. The number of halogens is 2. The van der Waals surface area contributed by atoms with Crippen LogP contribution < -0.4 is 21.6 Å². The van der Waals surface area contributed by atoms with E-state index in [1.165, 1.54) is 21.8 Å². The third kappa shape index (κ3) is 9.73. The summed E-state index contributed by atoms with van der Waals surface area (Å²) in [5, 5.41) is 17.3. The molecule has 0 spiro atoms. The van der Waals surface area contributed by atoms with E-state index in [4.69, 9.17) is 11.6 Å². The Kier molecular flexibility index (Phi) is 13.5. The highest BCUT2D eigenvalue weighted by Gasteiger charge is 2.54. The summed E-state index contributed by atoms with van der Waals surface area (Å²) in [5.41, 5.74) is 7.79. The van der Waals surface area contributed by atoms with Gasteiger partial charge in [0, 0.05) is 6.54 Å². The number of nitrogens with zero attached hydrogens (tertiary/aromatic N) is 6. The van der Waals surface area contributed by atoms with Crippen molar-refractivity contribution in [3.8, 4) is 16.1 Å². The van der Waals surface area contributed by atoms with E-state index >= 15 is 0 Å². The zero-order valence-corrected chi connectivity index (χ0v) is 42.1. The number of benzene rings is 3. The van der Waals surface area contributed by atoms with Crippen molar-refractivity contribution >= 4 is 51.6 Å². The molecule has 370 valence electrons. The van der Waals surface area contributed by atoms with Gasteiger partial charge in [0.2, 0.25) is 5.91 Å². The van der Waals surface area contributed by atoms with Crippen LogP contribution in [-0.4, -0.2) is 109 Å². The van der Waals surface area contributed by atoms with Crippen LogP contribution in [0.15, 0.2) is 71.0 Å². The van der Waals surface area contributed by atoms with Crippen molar-refractivity contribution < 1.29 is 28.7 Å². The van der Waals surface area contributed by atoms with Crippen LogP contribution in [-0.2, 0) is 19.8 Å². The zero-order chi connectivity index (χ0) is 49.9. The Bertz CT molecular complexity index is 2910. The number of rotatable bonds is 15. The molecular formula is C52H62ClFN9O6S+. The number of aromatic nitrogens is 3. The number of fused-ring (bicyclic) bond motifs is 5. The maximum Gasteiger partial charge on any atom is 0.313 e. The van der Waals surface area contributed by atoms with E-state index < -0.39 is 52.7 Å². The summed E-state index contributed by atoms with van der Waals surface area (Å²) in [6.07, 6.45) is 0.476. The number of hydrogen-bond acceptors (Lipinski definition) is 10. The van der Waals surface area contributed by atoms with E-state index in [1.807, 2.05) is 43.3 Å². The summed E-state index contributed by atoms with van der Waals surface area (Å²) in [6, 6.07) is 17.8. The number of nitrogens with one attached hydrogen (secondary N) is 3. The zero-order valence-electron chi connectivity index (χ0n) is 40.6. The molecule has 4 N–H and O–H groups in total. The van der Waals surface area contributed by atoms with E-state index in [0.717, 1.165) is 71.8 Å². The van der Waals surface area contributed by atoms with Gasteiger partial charge in [-0.15, -0.1) is 16.8 Å². The molecule has 3 amide bonds. The van der Waals surface area contributed by atoms with Crippen molar-refractivity contribution in [2.45, 2.75) is 128 Å². The number of carbonyl (C=O) groups is 3. The van der Waals surface area contributed by atoms with Crippen LogP contribution in [0.4, 0.5) is 4.39 Å². The summed E-state index contributed by atoms with van der Waals surface area (Å²) < 4.78 is 16.9. The monoisotopic (exact) mass is 994 g/mol. The maximum atomic E-state index is 14.8. The Morgan fingerprint density at radius 3 is 2.46 bits per heavy atom. The summed E-state index contributed by atoms with van der Waals surface area (Å²) in [7, 11) is 0. The molecular weight excluding hydrogens is 933 g/mol. The number of hydrazine groups is 1. The summed E-state index contributed by atoms with van der Waals surface area (Å²) >= 11 is 8.04. The molecule has 5 aromatic rings. The molecule has 9 rings (SSSR count). The highest BCUT2D eigenvalue weighted by molar-refractivity contribution is 7.13. The van der Waals surface area contributed by atoms with E-state index in [2.05, 4.69) is 67.5 Å². The van der Waals surface area contributed by atoms with E-state index in [9.17, 15) is 33.6 Å². The van der Waals surface area contributed by atoms with E-state index in [1.54, 1.807) is 32.3 Å². The molecule has 0 unspecified atom stereocenters. The van der Waals surface area contributed by atoms with Gasteiger partial charge >= 0.3 is 6.17 Å². The number of amides is 3. The first-order valence-electron chi connectivity index (χ1n) is 24.3. The predicted molar refractivity (Wildman–Crippen MR) is 268 cm³/mol. The van der Waals surface area contributed by atoms with Crippen molar-refractivity contribution in [1.29, 1.82) is 0 Å². The number of piperidine rings is 1. The lowest BCUT2D eigenvalue weighted by molar-refractivity contribution is -0.661. The Hall–Kier alpha value is -5.62. The van der Waals surface area contributed by atoms with Crippen LogP contribution in [0.25, 0.3) is 27.0 Å². The highest BCUT2D eigenvalue weighted by atomic mass is 35.5. The molecule has 4 aliphatic rings. The van der Waals surface area contributed by atoms with Gasteiger partial charge in [0.25, 0.3) is 17.4 Å². The van der Waals surface area contributed by atoms with Crippen LogP contribution in [0.3, 0.4) is 0 Å². The summed E-state index contributed by atoms with van der Waals surface area (Å²) in [5.74, 6) is -0.658. The van der Waals surface area contributed by atoms with Crippen molar-refractivity contribution in [3.05, 3.63) is 115 Å². The lowest BCUT2D eigenvalue weighted by Gasteiger charge is -2.34. The number of aliphatic hydroxyl groups excluding tert-OH is 1. The first-order chi connectivity index (χ1) is 33.2. The van der Waals surface area contributed by atoms with Crippen molar-refractivity contribution in [1.82, 2.24) is 40.4 Å². The molecule has 4 atom stereocenters. The van der Waals surface area contributed by atoms with Gasteiger partial charge < -0.3 is 20.6 Å². The molecule has 70 heavy (non-hydrogen) atoms. The first kappa shape index (κ1) is 49.4. The molecule has 18 heteroatoms. The van der Waals surface area contributed by atoms with Gasteiger partial charge in [0.1, 0.15) is 22.8 Å². The summed E-state index contributed by atoms with van der Waals surface area (Å²) in [6.45, 7) is 14.3. The molecule has 2 aromatic heterocycles. The average molecular weight is 996 g/mol. The largest absolute Gasteiger partial charge is 0.391 e. The fraction of sp³-hybridized carbons (Fsp3) is 0.500. The molecule has 3 aromatic carbocycles. The van der Waals surface area contributed by atoms with Crippen molar-refractivity contribution in [2.75, 3.05) is 32.7 Å². The molecule has 15 nitrogen and oxygen atoms in total. The second-order valence-electron chi connectivity index (χ2n) is 21.1. The number of β-amino-alcohol motifs (C(OH)–C–C–N with tert-alkyl or cyclic N) is 1. The van der Waals surface area contributed by atoms with Gasteiger partial charge in [-0.25, -0.2) is 9.37 Å². The standard InChI is InChI=1S/C52H61ClFN9O6S/c1-30-44(70-29-56-30)33-13-11-32(12-14-33)38(59-63(69)42-26-35(64)28-61(42)47(67)45(50(2,3)4)57-49(68)52(54)19-20-52)27-41(65)55-21-8-22-60-23-17-31(18-24-60)34-15-16-36-40(25-34)62-39-10-7-9-37(53)43(39)46(66)58-48(62)51(36,5)6/h7,9-16,25,29,31,35,38,42,45,64H,8,17-24,26-28H2,1-6H3,(H2-,55,57,59,65,68,69)/p+1/t35-,38+,42-,45-/m1/s1. The fourth-order valence-corrected chi connectivity index (χ4v) is 11.5. The Labute approximate surface area is 415 Å². The predicted octanol–water partition coefficient (Wildman–Crippen LogP) is 7.16. The molecule has 3 fully saturated rings. The topological polar surface area (TPSA) is 182 Å². The average Bonchev–Trinajstić information content (AvgIpc) is 3.62. The third-order valence-electron chi connectivity index (χ3n) is 14.7. The maximum absolute atomic E-state index is 14.8.